The van der Waals surface area contributed by atoms with Crippen LogP contribution in [0.4, 0.5) is 13.2 Å². The minimum absolute atomic E-state index is 0.0309. The van der Waals surface area contributed by atoms with Gasteiger partial charge in [-0.05, 0) is 17.9 Å². The van der Waals surface area contributed by atoms with E-state index in [2.05, 4.69) is 9.46 Å². The molecule has 1 N–H and O–H groups in total. The summed E-state index contributed by atoms with van der Waals surface area (Å²) in [6.45, 7) is 1.15. The molecule has 1 saturated heterocycles. The maximum absolute atomic E-state index is 12.2. The molecule has 1 aromatic heterocycles. The number of sulfonamides is 1. The van der Waals surface area contributed by atoms with E-state index in [-0.39, 0.29) is 23.3 Å². The van der Waals surface area contributed by atoms with E-state index in [1.54, 1.807) is 16.3 Å². The van der Waals surface area contributed by atoms with Crippen LogP contribution in [0.25, 0.3) is 0 Å². The Bertz CT molecular complexity index is 688. The molecule has 1 aromatic rings. The van der Waals surface area contributed by atoms with Gasteiger partial charge in [0.1, 0.15) is 10.8 Å². The van der Waals surface area contributed by atoms with Crippen LogP contribution in [0.15, 0.2) is 21.7 Å². The molecule has 0 unspecified atom stereocenters. The Morgan fingerprint density at radius 1 is 1.26 bits per heavy atom. The van der Waals surface area contributed by atoms with Gasteiger partial charge in [-0.25, -0.2) is 13.1 Å². The molecule has 0 radical (unpaired) electrons. The average Bonchev–Trinajstić information content (AvgIpc) is 3.15. The second-order valence-corrected chi connectivity index (χ2v) is 8.94. The number of halogens is 3. The molecule has 2 heterocycles. The van der Waals surface area contributed by atoms with Crippen LogP contribution >= 0.6 is 11.3 Å². The Labute approximate surface area is 160 Å². The van der Waals surface area contributed by atoms with Crippen LogP contribution in [0.5, 0.6) is 0 Å². The van der Waals surface area contributed by atoms with E-state index < -0.39 is 22.8 Å². The third-order valence-electron chi connectivity index (χ3n) is 3.93. The number of carbonyl (C=O) groups excluding carboxylic acids is 1. The first-order chi connectivity index (χ1) is 12.7. The highest BCUT2D eigenvalue weighted by Gasteiger charge is 2.27. The Morgan fingerprint density at radius 3 is 2.56 bits per heavy atom. The Balaban J connectivity index is 1.63. The molecule has 0 aliphatic carbocycles. The predicted molar refractivity (Wildman–Crippen MR) is 94.0 cm³/mol. The number of amides is 1. The average molecular weight is 429 g/mol. The Kier molecular flexibility index (Phi) is 8.04. The number of thiophene rings is 1. The van der Waals surface area contributed by atoms with E-state index in [0.29, 0.717) is 39.1 Å². The lowest BCUT2D eigenvalue weighted by Gasteiger charge is -2.34. The second kappa shape index (κ2) is 9.82. The zero-order valence-corrected chi connectivity index (χ0v) is 16.2. The summed E-state index contributed by atoms with van der Waals surface area (Å²) >= 11 is 1.08. The number of piperazine rings is 1. The fraction of sp³-hybridized carbons (Fsp3) is 0.667. The lowest BCUT2D eigenvalue weighted by molar-refractivity contribution is -0.174. The molecule has 0 aromatic carbocycles. The molecule has 0 spiro atoms. The monoisotopic (exact) mass is 429 g/mol. The van der Waals surface area contributed by atoms with Crippen molar-refractivity contribution in [2.75, 3.05) is 52.5 Å². The molecule has 1 amide bonds. The lowest BCUT2D eigenvalue weighted by Crippen LogP contribution is -2.51. The molecule has 2 rings (SSSR count). The number of ether oxygens (including phenoxy) is 1. The smallest absolute Gasteiger partial charge is 0.372 e. The standard InChI is InChI=1S/C15H22F3N3O4S2/c16-15(17,18)12-25-9-2-4-20-5-7-21(8-6-20)13(22)11-19-27(23,24)14-3-1-10-26-14/h1,3,10,19H,2,4-9,11-12H2. The predicted octanol–water partition coefficient (Wildman–Crippen LogP) is 1.14. The number of alkyl halides is 3. The van der Waals surface area contributed by atoms with Crippen LogP contribution in [-0.2, 0) is 19.6 Å². The van der Waals surface area contributed by atoms with Crippen molar-refractivity contribution in [1.29, 1.82) is 0 Å². The number of hydrogen-bond acceptors (Lipinski definition) is 6. The van der Waals surface area contributed by atoms with Gasteiger partial charge in [0.15, 0.2) is 0 Å². The highest BCUT2D eigenvalue weighted by atomic mass is 32.2. The van der Waals surface area contributed by atoms with Crippen LogP contribution in [0.3, 0.4) is 0 Å². The molecule has 1 aliphatic rings. The zero-order valence-electron chi connectivity index (χ0n) is 14.6. The molecule has 1 aliphatic heterocycles. The van der Waals surface area contributed by atoms with Gasteiger partial charge in [0, 0.05) is 39.3 Å². The number of nitrogens with one attached hydrogen (secondary N) is 1. The summed E-state index contributed by atoms with van der Waals surface area (Å²) in [6, 6.07) is 3.09. The van der Waals surface area contributed by atoms with Crippen molar-refractivity contribution in [3.8, 4) is 0 Å². The molecule has 1 fully saturated rings. The van der Waals surface area contributed by atoms with E-state index in [1.165, 1.54) is 6.07 Å². The van der Waals surface area contributed by atoms with Crippen molar-refractivity contribution in [2.24, 2.45) is 0 Å². The van der Waals surface area contributed by atoms with E-state index in [0.717, 1.165) is 11.3 Å². The van der Waals surface area contributed by atoms with Crippen LogP contribution < -0.4 is 4.72 Å². The molecular weight excluding hydrogens is 407 g/mol. The fourth-order valence-electron chi connectivity index (χ4n) is 2.56. The summed E-state index contributed by atoms with van der Waals surface area (Å²) in [5.74, 6) is -0.303. The minimum Gasteiger partial charge on any atom is -0.372 e. The van der Waals surface area contributed by atoms with E-state index in [1.807, 2.05) is 4.90 Å². The zero-order chi connectivity index (χ0) is 19.9. The van der Waals surface area contributed by atoms with E-state index >= 15 is 0 Å². The van der Waals surface area contributed by atoms with Gasteiger partial charge < -0.3 is 9.64 Å². The van der Waals surface area contributed by atoms with E-state index in [9.17, 15) is 26.4 Å². The van der Waals surface area contributed by atoms with Crippen molar-refractivity contribution in [3.05, 3.63) is 17.5 Å². The summed E-state index contributed by atoms with van der Waals surface area (Å²) in [4.78, 5) is 15.8. The van der Waals surface area contributed by atoms with Crippen molar-refractivity contribution < 1.29 is 31.1 Å². The van der Waals surface area contributed by atoms with Crippen LogP contribution in [0, 0.1) is 0 Å². The van der Waals surface area contributed by atoms with Crippen molar-refractivity contribution in [1.82, 2.24) is 14.5 Å². The van der Waals surface area contributed by atoms with Crippen molar-refractivity contribution in [3.63, 3.8) is 0 Å². The van der Waals surface area contributed by atoms with Gasteiger partial charge in [0.25, 0.3) is 10.0 Å². The van der Waals surface area contributed by atoms with Crippen LogP contribution in [-0.4, -0.2) is 82.8 Å². The molecule has 27 heavy (non-hydrogen) atoms. The van der Waals surface area contributed by atoms with E-state index in [4.69, 9.17) is 0 Å². The van der Waals surface area contributed by atoms with Crippen LogP contribution in [0.1, 0.15) is 6.42 Å². The number of nitrogens with zero attached hydrogens (tertiary/aromatic N) is 2. The summed E-state index contributed by atoms with van der Waals surface area (Å²) in [7, 11) is -3.67. The van der Waals surface area contributed by atoms with Gasteiger partial charge in [0.05, 0.1) is 6.54 Å². The van der Waals surface area contributed by atoms with Gasteiger partial charge in [0.2, 0.25) is 5.91 Å². The van der Waals surface area contributed by atoms with Gasteiger partial charge in [-0.15, -0.1) is 11.3 Å². The lowest BCUT2D eigenvalue weighted by atomic mass is 10.3. The normalized spacial score (nSPS) is 16.6. The molecule has 0 saturated carbocycles. The Morgan fingerprint density at radius 2 is 1.96 bits per heavy atom. The highest BCUT2D eigenvalue weighted by molar-refractivity contribution is 7.91. The maximum Gasteiger partial charge on any atom is 0.411 e. The SMILES string of the molecule is O=C(CNS(=O)(=O)c1cccs1)N1CCN(CCCOCC(F)(F)F)CC1. The minimum atomic E-state index is -4.31. The number of carbonyl (C=O) groups is 1. The summed E-state index contributed by atoms with van der Waals surface area (Å²) in [5.41, 5.74) is 0. The summed E-state index contributed by atoms with van der Waals surface area (Å²) < 4.78 is 66.9. The first-order valence-corrected chi connectivity index (χ1v) is 10.7. The third kappa shape index (κ3) is 7.74. The largest absolute Gasteiger partial charge is 0.411 e. The molecular formula is C15H22F3N3O4S2. The first-order valence-electron chi connectivity index (χ1n) is 8.35. The van der Waals surface area contributed by atoms with Crippen molar-refractivity contribution in [2.45, 2.75) is 16.8 Å². The summed E-state index contributed by atoms with van der Waals surface area (Å²) in [6.07, 6.45) is -3.83. The second-order valence-electron chi connectivity index (χ2n) is 6.00. The molecule has 154 valence electrons. The number of rotatable bonds is 9. The van der Waals surface area contributed by atoms with Gasteiger partial charge in [-0.1, -0.05) is 6.07 Å². The van der Waals surface area contributed by atoms with Gasteiger partial charge in [-0.2, -0.15) is 13.2 Å². The molecule has 12 heteroatoms. The van der Waals surface area contributed by atoms with Gasteiger partial charge in [-0.3, -0.25) is 9.69 Å². The maximum atomic E-state index is 12.2. The van der Waals surface area contributed by atoms with Crippen molar-refractivity contribution >= 4 is 27.3 Å². The number of hydrogen-bond donors (Lipinski definition) is 1. The highest BCUT2D eigenvalue weighted by Crippen LogP contribution is 2.15. The summed E-state index contributed by atoms with van der Waals surface area (Å²) in [5, 5.41) is 1.64. The third-order valence-corrected chi connectivity index (χ3v) is 6.73. The first kappa shape index (κ1) is 22.1. The molecule has 0 atom stereocenters. The molecule has 0 bridgehead atoms. The quantitative estimate of drug-likeness (QED) is 0.596. The fourth-order valence-corrected chi connectivity index (χ4v) is 4.57. The van der Waals surface area contributed by atoms with Gasteiger partial charge >= 0.3 is 6.18 Å². The topological polar surface area (TPSA) is 79.0 Å². The van der Waals surface area contributed by atoms with Crippen LogP contribution in [0.2, 0.25) is 0 Å². The Hall–Kier alpha value is -1.21. The molecule has 7 nitrogen and oxygen atoms in total.